The molecule has 0 bridgehead atoms. The molecule has 2 heterocycles. The molecule has 0 fully saturated rings. The SMILES string of the molecule is CCOC(=O)C1=C(C)N=c2s/c(=C\c3cccc(Cl)c3)c(=O)n2[C@@H]1c1ccccc1. The predicted octanol–water partition coefficient (Wildman–Crippen LogP) is 3.45. The van der Waals surface area contributed by atoms with Gasteiger partial charge in [0.15, 0.2) is 4.80 Å². The Morgan fingerprint density at radius 3 is 2.70 bits per heavy atom. The number of thiazole rings is 1. The Morgan fingerprint density at radius 1 is 1.23 bits per heavy atom. The van der Waals surface area contributed by atoms with Crippen LogP contribution in [-0.4, -0.2) is 17.1 Å². The lowest BCUT2D eigenvalue weighted by Crippen LogP contribution is -2.39. The minimum atomic E-state index is -0.594. The highest BCUT2D eigenvalue weighted by molar-refractivity contribution is 7.07. The zero-order valence-electron chi connectivity index (χ0n) is 16.5. The summed E-state index contributed by atoms with van der Waals surface area (Å²) < 4.78 is 7.38. The molecule has 0 saturated heterocycles. The average molecular weight is 439 g/mol. The van der Waals surface area contributed by atoms with Crippen molar-refractivity contribution in [2.75, 3.05) is 6.61 Å². The maximum absolute atomic E-state index is 13.4. The van der Waals surface area contributed by atoms with Crippen LogP contribution in [0.2, 0.25) is 5.02 Å². The van der Waals surface area contributed by atoms with Gasteiger partial charge in [0.05, 0.1) is 28.5 Å². The molecular weight excluding hydrogens is 420 g/mol. The lowest BCUT2D eigenvalue weighted by molar-refractivity contribution is -0.139. The third kappa shape index (κ3) is 3.76. The number of benzene rings is 2. The number of allylic oxidation sites excluding steroid dienone is 1. The highest BCUT2D eigenvalue weighted by atomic mass is 35.5. The minimum absolute atomic E-state index is 0.207. The van der Waals surface area contributed by atoms with Gasteiger partial charge in [-0.1, -0.05) is 65.4 Å². The summed E-state index contributed by atoms with van der Waals surface area (Å²) in [5.41, 5.74) is 2.38. The Labute approximate surface area is 182 Å². The third-order valence-electron chi connectivity index (χ3n) is 4.78. The zero-order chi connectivity index (χ0) is 21.3. The number of esters is 1. The fourth-order valence-corrected chi connectivity index (χ4v) is 4.74. The molecule has 1 aromatic heterocycles. The van der Waals surface area contributed by atoms with E-state index in [1.807, 2.05) is 42.5 Å². The average Bonchev–Trinajstić information content (AvgIpc) is 3.02. The molecule has 4 rings (SSSR count). The van der Waals surface area contributed by atoms with Gasteiger partial charge in [-0.25, -0.2) is 9.79 Å². The quantitative estimate of drug-likeness (QED) is 0.586. The molecule has 0 N–H and O–H groups in total. The van der Waals surface area contributed by atoms with Crippen LogP contribution in [0.15, 0.2) is 75.7 Å². The van der Waals surface area contributed by atoms with Crippen LogP contribution in [0.4, 0.5) is 0 Å². The van der Waals surface area contributed by atoms with E-state index in [0.29, 0.717) is 25.6 Å². The van der Waals surface area contributed by atoms with E-state index in [1.54, 1.807) is 36.6 Å². The molecule has 0 radical (unpaired) electrons. The van der Waals surface area contributed by atoms with E-state index in [0.717, 1.165) is 11.1 Å². The van der Waals surface area contributed by atoms with Crippen molar-refractivity contribution in [3.8, 4) is 0 Å². The maximum Gasteiger partial charge on any atom is 0.338 e. The fourth-order valence-electron chi connectivity index (χ4n) is 3.49. The summed E-state index contributed by atoms with van der Waals surface area (Å²) in [6, 6.07) is 16.2. The summed E-state index contributed by atoms with van der Waals surface area (Å²) in [6.45, 7) is 3.78. The number of carbonyl (C=O) groups excluding carboxylic acids is 1. The van der Waals surface area contributed by atoms with Crippen molar-refractivity contribution in [3.63, 3.8) is 0 Å². The van der Waals surface area contributed by atoms with Gasteiger partial charge in [-0.2, -0.15) is 0 Å². The highest BCUT2D eigenvalue weighted by Gasteiger charge is 2.33. The van der Waals surface area contributed by atoms with Gasteiger partial charge in [-0.15, -0.1) is 0 Å². The third-order valence-corrected chi connectivity index (χ3v) is 6.00. The fraction of sp³-hybridized carbons (Fsp3) is 0.174. The lowest BCUT2D eigenvalue weighted by Gasteiger charge is -2.24. The first kappa shape index (κ1) is 20.3. The molecule has 0 aliphatic carbocycles. The van der Waals surface area contributed by atoms with Crippen molar-refractivity contribution < 1.29 is 9.53 Å². The second-order valence-corrected chi connectivity index (χ2v) is 8.21. The summed E-state index contributed by atoms with van der Waals surface area (Å²) in [7, 11) is 0. The highest BCUT2D eigenvalue weighted by Crippen LogP contribution is 2.30. The van der Waals surface area contributed by atoms with Crippen LogP contribution in [0.1, 0.15) is 31.0 Å². The van der Waals surface area contributed by atoms with Crippen LogP contribution in [0.25, 0.3) is 6.08 Å². The van der Waals surface area contributed by atoms with Gasteiger partial charge >= 0.3 is 5.97 Å². The van der Waals surface area contributed by atoms with E-state index >= 15 is 0 Å². The summed E-state index contributed by atoms with van der Waals surface area (Å²) in [5, 5.41) is 0.596. The normalized spacial score (nSPS) is 16.2. The molecule has 30 heavy (non-hydrogen) atoms. The Bertz CT molecular complexity index is 1320. The van der Waals surface area contributed by atoms with Crippen LogP contribution in [0, 0.1) is 0 Å². The Balaban J connectivity index is 1.96. The number of nitrogens with zero attached hydrogens (tertiary/aromatic N) is 2. The van der Waals surface area contributed by atoms with Crippen molar-refractivity contribution in [2.45, 2.75) is 19.9 Å². The first-order valence-electron chi connectivity index (χ1n) is 9.49. The molecule has 0 saturated carbocycles. The van der Waals surface area contributed by atoms with Crippen molar-refractivity contribution in [1.29, 1.82) is 0 Å². The van der Waals surface area contributed by atoms with Crippen LogP contribution < -0.4 is 14.9 Å². The number of fused-ring (bicyclic) bond motifs is 1. The summed E-state index contributed by atoms with van der Waals surface area (Å²) in [4.78, 5) is 31.3. The minimum Gasteiger partial charge on any atom is -0.463 e. The number of halogens is 1. The van der Waals surface area contributed by atoms with Gasteiger partial charge < -0.3 is 4.74 Å². The summed E-state index contributed by atoms with van der Waals surface area (Å²) in [5.74, 6) is -0.461. The second-order valence-electron chi connectivity index (χ2n) is 6.77. The van der Waals surface area contributed by atoms with Crippen LogP contribution >= 0.6 is 22.9 Å². The van der Waals surface area contributed by atoms with Crippen molar-refractivity contribution >= 4 is 35.0 Å². The molecule has 0 spiro atoms. The monoisotopic (exact) mass is 438 g/mol. The number of aromatic nitrogens is 1. The van der Waals surface area contributed by atoms with Gasteiger partial charge in [0.1, 0.15) is 0 Å². The van der Waals surface area contributed by atoms with E-state index in [9.17, 15) is 9.59 Å². The molecule has 0 unspecified atom stereocenters. The van der Waals surface area contributed by atoms with Gasteiger partial charge in [0, 0.05) is 5.02 Å². The molecule has 152 valence electrons. The van der Waals surface area contributed by atoms with Gasteiger partial charge in [-0.3, -0.25) is 9.36 Å². The first-order chi connectivity index (χ1) is 14.5. The van der Waals surface area contributed by atoms with Crippen LogP contribution in [0.5, 0.6) is 0 Å². The van der Waals surface area contributed by atoms with E-state index in [-0.39, 0.29) is 12.2 Å². The number of rotatable bonds is 4. The van der Waals surface area contributed by atoms with Gasteiger partial charge in [-0.05, 0) is 43.2 Å². The van der Waals surface area contributed by atoms with Crippen LogP contribution in [-0.2, 0) is 9.53 Å². The number of hydrogen-bond donors (Lipinski definition) is 0. The Kier molecular flexibility index (Phi) is 5.70. The largest absolute Gasteiger partial charge is 0.463 e. The molecule has 5 nitrogen and oxygen atoms in total. The Hall–Kier alpha value is -2.96. The standard InChI is InChI=1S/C23H19ClN2O3S/c1-3-29-22(28)19-14(2)25-23-26(20(19)16-9-5-4-6-10-16)21(27)18(30-23)13-15-8-7-11-17(24)12-15/h4-13,20H,3H2,1-2H3/b18-13-/t20-/m1/s1. The second kappa shape index (κ2) is 8.42. The van der Waals surface area contributed by atoms with Gasteiger partial charge in [0.25, 0.3) is 5.56 Å². The molecule has 1 aliphatic rings. The molecule has 0 amide bonds. The van der Waals surface area contributed by atoms with E-state index in [1.165, 1.54) is 11.3 Å². The topological polar surface area (TPSA) is 60.7 Å². The molecule has 1 atom stereocenters. The molecular formula is C23H19ClN2O3S. The first-order valence-corrected chi connectivity index (χ1v) is 10.7. The zero-order valence-corrected chi connectivity index (χ0v) is 18.0. The summed E-state index contributed by atoms with van der Waals surface area (Å²) in [6.07, 6.45) is 1.79. The molecule has 3 aromatic rings. The number of carbonyl (C=O) groups is 1. The summed E-state index contributed by atoms with van der Waals surface area (Å²) >= 11 is 7.37. The van der Waals surface area contributed by atoms with E-state index in [4.69, 9.17) is 16.3 Å². The lowest BCUT2D eigenvalue weighted by atomic mass is 9.96. The van der Waals surface area contributed by atoms with E-state index < -0.39 is 12.0 Å². The molecule has 2 aromatic carbocycles. The number of hydrogen-bond acceptors (Lipinski definition) is 5. The van der Waals surface area contributed by atoms with Crippen molar-refractivity contribution in [3.05, 3.63) is 102 Å². The predicted molar refractivity (Wildman–Crippen MR) is 118 cm³/mol. The Morgan fingerprint density at radius 2 is 2.00 bits per heavy atom. The van der Waals surface area contributed by atoms with E-state index in [2.05, 4.69) is 4.99 Å². The van der Waals surface area contributed by atoms with Gasteiger partial charge in [0.2, 0.25) is 0 Å². The van der Waals surface area contributed by atoms with Crippen molar-refractivity contribution in [2.24, 2.45) is 4.99 Å². The number of ether oxygens (including phenoxy) is 1. The maximum atomic E-state index is 13.4. The van der Waals surface area contributed by atoms with Crippen LogP contribution in [0.3, 0.4) is 0 Å². The molecule has 1 aliphatic heterocycles. The smallest absolute Gasteiger partial charge is 0.338 e. The molecule has 7 heteroatoms. The van der Waals surface area contributed by atoms with Crippen molar-refractivity contribution in [1.82, 2.24) is 4.57 Å².